The van der Waals surface area contributed by atoms with E-state index in [1.807, 2.05) is 31.2 Å². The molecule has 3 N–H and O–H groups in total. The number of aliphatic hydroxyl groups is 1. The van der Waals surface area contributed by atoms with Gasteiger partial charge < -0.3 is 20.5 Å². The lowest BCUT2D eigenvalue weighted by molar-refractivity contribution is 0.214. The second-order valence-electron chi connectivity index (χ2n) is 5.43. The maximum atomic E-state index is 11.7. The van der Waals surface area contributed by atoms with E-state index >= 15 is 0 Å². The summed E-state index contributed by atoms with van der Waals surface area (Å²) in [6.07, 6.45) is 0.692. The van der Waals surface area contributed by atoms with Crippen molar-refractivity contribution in [3.63, 3.8) is 0 Å². The van der Waals surface area contributed by atoms with Crippen molar-refractivity contribution in [2.45, 2.75) is 39.8 Å². The fourth-order valence-corrected chi connectivity index (χ4v) is 1.74. The van der Waals surface area contributed by atoms with E-state index in [1.165, 1.54) is 0 Å². The topological polar surface area (TPSA) is 70.6 Å². The predicted molar refractivity (Wildman–Crippen MR) is 83.3 cm³/mol. The minimum atomic E-state index is -0.283. The number of carbonyl (C=O) groups is 1. The third-order valence-corrected chi connectivity index (χ3v) is 3.03. The number of hydrogen-bond acceptors (Lipinski definition) is 3. The summed E-state index contributed by atoms with van der Waals surface area (Å²) in [5.41, 5.74) is 0.936. The van der Waals surface area contributed by atoms with Crippen LogP contribution in [0, 0.1) is 5.92 Å². The van der Waals surface area contributed by atoms with Gasteiger partial charge in [-0.15, -0.1) is 0 Å². The van der Waals surface area contributed by atoms with Crippen LogP contribution in [0.2, 0.25) is 0 Å². The smallest absolute Gasteiger partial charge is 0.315 e. The average molecular weight is 294 g/mol. The zero-order chi connectivity index (χ0) is 15.7. The average Bonchev–Trinajstić information content (AvgIpc) is 2.49. The van der Waals surface area contributed by atoms with Crippen molar-refractivity contribution in [2.24, 2.45) is 5.92 Å². The molecule has 0 fully saturated rings. The first kappa shape index (κ1) is 17.3. The largest absolute Gasteiger partial charge is 0.493 e. The van der Waals surface area contributed by atoms with Crippen LogP contribution >= 0.6 is 0 Å². The maximum Gasteiger partial charge on any atom is 0.315 e. The highest BCUT2D eigenvalue weighted by molar-refractivity contribution is 5.74. The summed E-state index contributed by atoms with van der Waals surface area (Å²) in [4.78, 5) is 11.7. The van der Waals surface area contributed by atoms with Gasteiger partial charge in [0.25, 0.3) is 0 Å². The molecule has 0 aliphatic carbocycles. The summed E-state index contributed by atoms with van der Waals surface area (Å²) < 4.78 is 5.74. The van der Waals surface area contributed by atoms with Crippen LogP contribution in [0.15, 0.2) is 24.3 Å². The molecule has 2 amide bonds. The summed E-state index contributed by atoms with van der Waals surface area (Å²) in [6.45, 7) is 7.07. The van der Waals surface area contributed by atoms with Crippen LogP contribution in [0.25, 0.3) is 0 Å². The van der Waals surface area contributed by atoms with Crippen LogP contribution in [0.1, 0.15) is 32.8 Å². The van der Waals surface area contributed by atoms with Gasteiger partial charge in [0.2, 0.25) is 0 Å². The van der Waals surface area contributed by atoms with Gasteiger partial charge in [0.05, 0.1) is 19.3 Å². The number of nitrogens with one attached hydrogen (secondary N) is 2. The van der Waals surface area contributed by atoms with Crippen molar-refractivity contribution in [1.29, 1.82) is 0 Å². The second-order valence-corrected chi connectivity index (χ2v) is 5.43. The van der Waals surface area contributed by atoms with Gasteiger partial charge in [0, 0.05) is 12.1 Å². The number of benzene rings is 1. The van der Waals surface area contributed by atoms with Crippen molar-refractivity contribution in [3.8, 4) is 5.75 Å². The fraction of sp³-hybridized carbons (Fsp3) is 0.562. The van der Waals surface area contributed by atoms with Crippen LogP contribution in [-0.2, 0) is 6.54 Å². The Morgan fingerprint density at radius 2 is 2.05 bits per heavy atom. The quantitative estimate of drug-likeness (QED) is 0.689. The van der Waals surface area contributed by atoms with Gasteiger partial charge in [-0.05, 0) is 18.4 Å². The van der Waals surface area contributed by atoms with Gasteiger partial charge >= 0.3 is 6.03 Å². The number of aliphatic hydroxyl groups excluding tert-OH is 1. The van der Waals surface area contributed by atoms with E-state index in [0.717, 1.165) is 11.3 Å². The summed E-state index contributed by atoms with van der Waals surface area (Å²) in [6, 6.07) is 7.17. The SMILES string of the molecule is CCC(CO)NC(=O)NCc1ccccc1OCC(C)C. The molecule has 118 valence electrons. The maximum absolute atomic E-state index is 11.7. The first-order chi connectivity index (χ1) is 10.1. The number of hydrogen-bond donors (Lipinski definition) is 3. The molecule has 0 aliphatic rings. The Balaban J connectivity index is 2.52. The third-order valence-electron chi connectivity index (χ3n) is 3.03. The van der Waals surface area contributed by atoms with Crippen molar-refractivity contribution in [2.75, 3.05) is 13.2 Å². The Morgan fingerprint density at radius 1 is 1.33 bits per heavy atom. The molecule has 1 atom stereocenters. The Hall–Kier alpha value is -1.75. The van der Waals surface area contributed by atoms with E-state index < -0.39 is 0 Å². The lowest BCUT2D eigenvalue weighted by Crippen LogP contribution is -2.43. The van der Waals surface area contributed by atoms with Crippen LogP contribution in [0.3, 0.4) is 0 Å². The van der Waals surface area contributed by atoms with Gasteiger partial charge in [-0.2, -0.15) is 0 Å². The molecule has 5 heteroatoms. The summed E-state index contributed by atoms with van der Waals surface area (Å²) in [7, 11) is 0. The Labute approximate surface area is 126 Å². The number of urea groups is 1. The number of carbonyl (C=O) groups excluding carboxylic acids is 1. The van der Waals surface area contributed by atoms with Crippen molar-refractivity contribution in [3.05, 3.63) is 29.8 Å². The summed E-state index contributed by atoms with van der Waals surface area (Å²) >= 11 is 0. The van der Waals surface area contributed by atoms with Crippen molar-refractivity contribution < 1.29 is 14.6 Å². The highest BCUT2D eigenvalue weighted by Gasteiger charge is 2.10. The van der Waals surface area contributed by atoms with Crippen molar-refractivity contribution >= 4 is 6.03 Å². The van der Waals surface area contributed by atoms with Gasteiger partial charge in [-0.25, -0.2) is 4.79 Å². The van der Waals surface area contributed by atoms with E-state index in [9.17, 15) is 4.79 Å². The molecule has 1 rings (SSSR count). The zero-order valence-corrected chi connectivity index (χ0v) is 13.1. The minimum Gasteiger partial charge on any atom is -0.493 e. The molecular weight excluding hydrogens is 268 g/mol. The van der Waals surface area contributed by atoms with Crippen LogP contribution in [0.5, 0.6) is 5.75 Å². The standard InChI is InChI=1S/C16H26N2O3/c1-4-14(10-19)18-16(20)17-9-13-7-5-6-8-15(13)21-11-12(2)3/h5-8,12,14,19H,4,9-11H2,1-3H3,(H2,17,18,20). The normalized spacial score (nSPS) is 12.0. The highest BCUT2D eigenvalue weighted by Crippen LogP contribution is 2.18. The molecule has 0 saturated carbocycles. The van der Waals surface area contributed by atoms with Crippen LogP contribution in [-0.4, -0.2) is 30.4 Å². The molecule has 1 aromatic carbocycles. The van der Waals surface area contributed by atoms with E-state index in [-0.39, 0.29) is 18.7 Å². The molecule has 0 spiro atoms. The molecule has 0 heterocycles. The Bertz CT molecular complexity index is 431. The Morgan fingerprint density at radius 3 is 2.67 bits per heavy atom. The molecule has 0 aromatic heterocycles. The number of para-hydroxylation sites is 1. The summed E-state index contributed by atoms with van der Waals surface area (Å²) in [5.74, 6) is 1.24. The first-order valence-corrected chi connectivity index (χ1v) is 7.42. The lowest BCUT2D eigenvalue weighted by atomic mass is 10.2. The van der Waals surface area contributed by atoms with E-state index in [1.54, 1.807) is 0 Å². The molecule has 1 unspecified atom stereocenters. The van der Waals surface area contributed by atoms with Crippen molar-refractivity contribution in [1.82, 2.24) is 10.6 Å². The number of rotatable bonds is 8. The summed E-state index contributed by atoms with van der Waals surface area (Å²) in [5, 5.41) is 14.6. The lowest BCUT2D eigenvalue weighted by Gasteiger charge is -2.16. The van der Waals surface area contributed by atoms with E-state index in [4.69, 9.17) is 9.84 Å². The Kier molecular flexibility index (Phi) is 7.61. The van der Waals surface area contributed by atoms with Crippen LogP contribution in [0.4, 0.5) is 4.79 Å². The zero-order valence-electron chi connectivity index (χ0n) is 13.1. The van der Waals surface area contributed by atoms with Crippen LogP contribution < -0.4 is 15.4 Å². The molecule has 0 radical (unpaired) electrons. The number of amides is 2. The second kappa shape index (κ2) is 9.23. The monoisotopic (exact) mass is 294 g/mol. The van der Waals surface area contributed by atoms with Gasteiger partial charge in [0.15, 0.2) is 0 Å². The molecule has 21 heavy (non-hydrogen) atoms. The molecule has 0 bridgehead atoms. The van der Waals surface area contributed by atoms with E-state index in [0.29, 0.717) is 25.5 Å². The predicted octanol–water partition coefficient (Wildman–Crippen LogP) is 2.29. The highest BCUT2D eigenvalue weighted by atomic mass is 16.5. The first-order valence-electron chi connectivity index (χ1n) is 7.42. The van der Waals surface area contributed by atoms with E-state index in [2.05, 4.69) is 24.5 Å². The third kappa shape index (κ3) is 6.49. The number of ether oxygens (including phenoxy) is 1. The molecular formula is C16H26N2O3. The molecule has 1 aromatic rings. The molecule has 5 nitrogen and oxygen atoms in total. The molecule has 0 saturated heterocycles. The van der Waals surface area contributed by atoms with Gasteiger partial charge in [0.1, 0.15) is 5.75 Å². The van der Waals surface area contributed by atoms with Gasteiger partial charge in [-0.3, -0.25) is 0 Å². The fourth-order valence-electron chi connectivity index (χ4n) is 1.74. The van der Waals surface area contributed by atoms with Gasteiger partial charge in [-0.1, -0.05) is 39.0 Å². The molecule has 0 aliphatic heterocycles. The minimum absolute atomic E-state index is 0.0575.